The van der Waals surface area contributed by atoms with Gasteiger partial charge in [-0.15, -0.1) is 21.5 Å². The molecule has 0 spiro atoms. The van der Waals surface area contributed by atoms with Gasteiger partial charge in [0.25, 0.3) is 0 Å². The number of thiazole rings is 1. The second-order valence-corrected chi connectivity index (χ2v) is 5.24. The van der Waals surface area contributed by atoms with Gasteiger partial charge in [-0.1, -0.05) is 0 Å². The fourth-order valence-corrected chi connectivity index (χ4v) is 2.26. The molecule has 0 aliphatic carbocycles. The summed E-state index contributed by atoms with van der Waals surface area (Å²) in [5.41, 5.74) is 0.186. The molecule has 2 rings (SSSR count). The monoisotopic (exact) mass is 278 g/mol. The van der Waals surface area contributed by atoms with Crippen molar-refractivity contribution < 1.29 is 9.53 Å². The molecule has 0 aliphatic heterocycles. The molecular formula is C12H14N4O2S. The van der Waals surface area contributed by atoms with Crippen molar-refractivity contribution in [2.45, 2.75) is 19.9 Å². The molecule has 0 bridgehead atoms. The highest BCUT2D eigenvalue weighted by molar-refractivity contribution is 7.11. The Bertz CT molecular complexity index is 567. The maximum Gasteiger partial charge on any atom is 0.358 e. The molecule has 1 unspecified atom stereocenters. The first-order valence-corrected chi connectivity index (χ1v) is 6.52. The number of ether oxygens (including phenoxy) is 1. The van der Waals surface area contributed by atoms with Crippen LogP contribution in [0.5, 0.6) is 0 Å². The Kier molecular flexibility index (Phi) is 4.06. The third kappa shape index (κ3) is 3.25. The van der Waals surface area contributed by atoms with Crippen molar-refractivity contribution in [2.75, 3.05) is 12.4 Å². The van der Waals surface area contributed by atoms with Crippen LogP contribution in [0.4, 0.5) is 5.82 Å². The Balaban J connectivity index is 2.05. The molecular weight excluding hydrogens is 264 g/mol. The van der Waals surface area contributed by atoms with Gasteiger partial charge >= 0.3 is 5.97 Å². The van der Waals surface area contributed by atoms with E-state index in [2.05, 4.69) is 25.2 Å². The summed E-state index contributed by atoms with van der Waals surface area (Å²) in [7, 11) is 1.31. The average Bonchev–Trinajstić information content (AvgIpc) is 2.85. The summed E-state index contributed by atoms with van der Waals surface area (Å²) in [6, 6.07) is 3.30. The zero-order chi connectivity index (χ0) is 13.8. The number of carbonyl (C=O) groups is 1. The molecule has 1 atom stereocenters. The maximum atomic E-state index is 11.2. The number of aromatic nitrogens is 3. The van der Waals surface area contributed by atoms with Crippen LogP contribution < -0.4 is 5.32 Å². The Morgan fingerprint density at radius 1 is 1.42 bits per heavy atom. The normalized spacial score (nSPS) is 11.9. The van der Waals surface area contributed by atoms with E-state index in [1.165, 1.54) is 7.11 Å². The van der Waals surface area contributed by atoms with E-state index in [0.717, 1.165) is 9.88 Å². The molecule has 0 aromatic carbocycles. The highest BCUT2D eigenvalue weighted by Crippen LogP contribution is 2.22. The topological polar surface area (TPSA) is 77.0 Å². The molecule has 7 heteroatoms. The van der Waals surface area contributed by atoms with Gasteiger partial charge in [-0.3, -0.25) is 0 Å². The Morgan fingerprint density at radius 2 is 2.21 bits per heavy atom. The molecule has 0 saturated heterocycles. The van der Waals surface area contributed by atoms with Gasteiger partial charge in [0.2, 0.25) is 0 Å². The van der Waals surface area contributed by atoms with E-state index in [4.69, 9.17) is 0 Å². The fourth-order valence-electron chi connectivity index (χ4n) is 1.48. The number of carbonyl (C=O) groups excluding carboxylic acids is 1. The highest BCUT2D eigenvalue weighted by Gasteiger charge is 2.11. The number of esters is 1. The second kappa shape index (κ2) is 5.75. The third-order valence-electron chi connectivity index (χ3n) is 2.43. The van der Waals surface area contributed by atoms with Crippen LogP contribution >= 0.6 is 11.3 Å². The number of hydrogen-bond donors (Lipinski definition) is 1. The zero-order valence-corrected chi connectivity index (χ0v) is 11.7. The van der Waals surface area contributed by atoms with E-state index in [-0.39, 0.29) is 11.7 Å². The lowest BCUT2D eigenvalue weighted by Gasteiger charge is -2.11. The predicted molar refractivity (Wildman–Crippen MR) is 72.3 cm³/mol. The van der Waals surface area contributed by atoms with Crippen molar-refractivity contribution in [1.29, 1.82) is 0 Å². The number of hydrogen-bond acceptors (Lipinski definition) is 7. The molecule has 0 saturated carbocycles. The number of methoxy groups -OCH3 is 1. The molecule has 1 N–H and O–H groups in total. The van der Waals surface area contributed by atoms with Gasteiger partial charge in [-0.05, 0) is 26.0 Å². The van der Waals surface area contributed by atoms with E-state index >= 15 is 0 Å². The number of nitrogens with one attached hydrogen (secondary N) is 1. The maximum absolute atomic E-state index is 11.2. The lowest BCUT2D eigenvalue weighted by atomic mass is 10.3. The Morgan fingerprint density at radius 3 is 2.74 bits per heavy atom. The zero-order valence-electron chi connectivity index (χ0n) is 10.9. The summed E-state index contributed by atoms with van der Waals surface area (Å²) < 4.78 is 4.56. The van der Waals surface area contributed by atoms with E-state index in [1.807, 2.05) is 20.0 Å². The summed E-state index contributed by atoms with van der Waals surface area (Å²) >= 11 is 1.63. The average molecular weight is 278 g/mol. The standard InChI is InChI=1S/C12H14N4O2S/c1-7-6-13-11(19-7)8(2)14-10-5-4-9(15-16-10)12(17)18-3/h4-6,8H,1-3H3,(H,14,16). The molecule has 19 heavy (non-hydrogen) atoms. The van der Waals surface area contributed by atoms with E-state index in [0.29, 0.717) is 5.82 Å². The lowest BCUT2D eigenvalue weighted by molar-refractivity contribution is 0.0593. The van der Waals surface area contributed by atoms with Gasteiger partial charge in [0.15, 0.2) is 5.69 Å². The molecule has 2 aromatic heterocycles. The van der Waals surface area contributed by atoms with E-state index in [9.17, 15) is 4.79 Å². The molecule has 100 valence electrons. The van der Waals surface area contributed by atoms with Gasteiger partial charge in [0.05, 0.1) is 13.2 Å². The van der Waals surface area contributed by atoms with Crippen LogP contribution in [0, 0.1) is 6.92 Å². The minimum Gasteiger partial charge on any atom is -0.464 e. The third-order valence-corrected chi connectivity index (χ3v) is 3.53. The van der Waals surface area contributed by atoms with Crippen molar-refractivity contribution in [3.8, 4) is 0 Å². The Labute approximate surface area is 114 Å². The summed E-state index contributed by atoms with van der Waals surface area (Å²) in [6.45, 7) is 4.01. The first kappa shape index (κ1) is 13.4. The van der Waals surface area contributed by atoms with Crippen LogP contribution in [0.1, 0.15) is 33.3 Å². The van der Waals surface area contributed by atoms with Gasteiger partial charge < -0.3 is 10.1 Å². The van der Waals surface area contributed by atoms with Crippen molar-refractivity contribution in [1.82, 2.24) is 15.2 Å². The predicted octanol–water partition coefficient (Wildman–Crippen LogP) is 2.20. The molecule has 0 fully saturated rings. The molecule has 0 amide bonds. The van der Waals surface area contributed by atoms with Crippen molar-refractivity contribution in [3.05, 3.63) is 33.9 Å². The van der Waals surface area contributed by atoms with Crippen LogP contribution in [-0.2, 0) is 4.74 Å². The van der Waals surface area contributed by atoms with Crippen molar-refractivity contribution >= 4 is 23.1 Å². The Hall–Kier alpha value is -2.02. The number of aryl methyl sites for hydroxylation is 1. The second-order valence-electron chi connectivity index (χ2n) is 3.97. The fraction of sp³-hybridized carbons (Fsp3) is 0.333. The first-order valence-electron chi connectivity index (χ1n) is 5.71. The minimum absolute atomic E-state index is 0.0389. The molecule has 0 radical (unpaired) electrons. The highest BCUT2D eigenvalue weighted by atomic mass is 32.1. The number of rotatable bonds is 4. The summed E-state index contributed by atoms with van der Waals surface area (Å²) in [5.74, 6) is 0.0932. The van der Waals surface area contributed by atoms with Gasteiger partial charge in [-0.2, -0.15) is 0 Å². The van der Waals surface area contributed by atoms with Crippen LogP contribution in [0.25, 0.3) is 0 Å². The number of anilines is 1. The first-order chi connectivity index (χ1) is 9.10. The van der Waals surface area contributed by atoms with Gasteiger partial charge in [0.1, 0.15) is 10.8 Å². The molecule has 0 aliphatic rings. The van der Waals surface area contributed by atoms with Gasteiger partial charge in [0, 0.05) is 11.1 Å². The summed E-state index contributed by atoms with van der Waals surface area (Å²) in [4.78, 5) is 16.7. The number of nitrogens with zero attached hydrogens (tertiary/aromatic N) is 3. The smallest absolute Gasteiger partial charge is 0.358 e. The van der Waals surface area contributed by atoms with Crippen molar-refractivity contribution in [3.63, 3.8) is 0 Å². The van der Waals surface area contributed by atoms with Crippen LogP contribution in [0.2, 0.25) is 0 Å². The van der Waals surface area contributed by atoms with Crippen LogP contribution in [0.15, 0.2) is 18.3 Å². The lowest BCUT2D eigenvalue weighted by Crippen LogP contribution is -2.10. The quantitative estimate of drug-likeness (QED) is 0.864. The SMILES string of the molecule is COC(=O)c1ccc(NC(C)c2ncc(C)s2)nn1. The van der Waals surface area contributed by atoms with Crippen molar-refractivity contribution in [2.24, 2.45) is 0 Å². The largest absolute Gasteiger partial charge is 0.464 e. The molecule has 2 heterocycles. The summed E-state index contributed by atoms with van der Waals surface area (Å²) in [6.07, 6.45) is 1.84. The molecule has 2 aromatic rings. The van der Waals surface area contributed by atoms with Crippen LogP contribution in [0.3, 0.4) is 0 Å². The van der Waals surface area contributed by atoms with Crippen LogP contribution in [-0.4, -0.2) is 28.3 Å². The van der Waals surface area contributed by atoms with E-state index in [1.54, 1.807) is 23.5 Å². The van der Waals surface area contributed by atoms with E-state index < -0.39 is 5.97 Å². The summed E-state index contributed by atoms with van der Waals surface area (Å²) in [5, 5.41) is 11.9. The van der Waals surface area contributed by atoms with Gasteiger partial charge in [-0.25, -0.2) is 9.78 Å². The minimum atomic E-state index is -0.498. The molecule has 6 nitrogen and oxygen atoms in total.